The predicted octanol–water partition coefficient (Wildman–Crippen LogP) is 2.93. The highest BCUT2D eigenvalue weighted by Gasteiger charge is 2.03. The zero-order chi connectivity index (χ0) is 14.5. The Hall–Kier alpha value is -1.88. The van der Waals surface area contributed by atoms with E-state index in [0.717, 1.165) is 12.4 Å². The zero-order valence-electron chi connectivity index (χ0n) is 12.1. The molecule has 20 heavy (non-hydrogen) atoms. The quantitative estimate of drug-likeness (QED) is 0.849. The van der Waals surface area contributed by atoms with E-state index < -0.39 is 0 Å². The smallest absolute Gasteiger partial charge is 0.172 e. The van der Waals surface area contributed by atoms with Gasteiger partial charge in [0.15, 0.2) is 10.9 Å². The Morgan fingerprint density at radius 3 is 2.60 bits per heavy atom. The van der Waals surface area contributed by atoms with Crippen LogP contribution in [0.4, 0.5) is 5.82 Å². The summed E-state index contributed by atoms with van der Waals surface area (Å²) in [5.41, 5.74) is 2.50. The molecule has 0 amide bonds. The monoisotopic (exact) mass is 288 g/mol. The molecular formula is C15H20N4S. The van der Waals surface area contributed by atoms with Crippen LogP contribution in [0.25, 0.3) is 0 Å². The molecule has 0 fully saturated rings. The number of nitrogens with one attached hydrogen (secondary N) is 2. The van der Waals surface area contributed by atoms with Crippen LogP contribution in [-0.2, 0) is 6.54 Å². The normalized spacial score (nSPS) is 10.6. The van der Waals surface area contributed by atoms with E-state index in [4.69, 9.17) is 12.2 Å². The summed E-state index contributed by atoms with van der Waals surface area (Å²) in [5.74, 6) is 0.760. The van der Waals surface area contributed by atoms with Crippen molar-refractivity contribution in [1.82, 2.24) is 15.1 Å². The van der Waals surface area contributed by atoms with E-state index in [1.807, 2.05) is 30.8 Å². The fourth-order valence-corrected chi connectivity index (χ4v) is 2.15. The summed E-state index contributed by atoms with van der Waals surface area (Å²) in [4.78, 5) is 0. The minimum absolute atomic E-state index is 0.310. The largest absolute Gasteiger partial charge is 0.360 e. The Morgan fingerprint density at radius 2 is 1.95 bits per heavy atom. The van der Waals surface area contributed by atoms with Crippen LogP contribution in [0.5, 0.6) is 0 Å². The van der Waals surface area contributed by atoms with E-state index in [-0.39, 0.29) is 0 Å². The van der Waals surface area contributed by atoms with E-state index >= 15 is 0 Å². The Bertz CT molecular complexity index is 572. The van der Waals surface area contributed by atoms with Crippen molar-refractivity contribution < 1.29 is 0 Å². The minimum Gasteiger partial charge on any atom is -0.360 e. The summed E-state index contributed by atoms with van der Waals surface area (Å²) in [6, 6.07) is 10.7. The van der Waals surface area contributed by atoms with Gasteiger partial charge in [-0.15, -0.1) is 0 Å². The molecule has 5 heteroatoms. The Kier molecular flexibility index (Phi) is 4.74. The molecule has 1 aromatic carbocycles. The second-order valence-corrected chi connectivity index (χ2v) is 5.55. The van der Waals surface area contributed by atoms with Crippen molar-refractivity contribution >= 4 is 23.1 Å². The van der Waals surface area contributed by atoms with Gasteiger partial charge < -0.3 is 10.6 Å². The van der Waals surface area contributed by atoms with Crippen LogP contribution in [0.1, 0.15) is 25.0 Å². The Labute approximate surface area is 125 Å². The number of benzene rings is 1. The lowest BCUT2D eigenvalue weighted by Crippen LogP contribution is -2.34. The number of hydrogen-bond acceptors (Lipinski definition) is 2. The lowest BCUT2D eigenvalue weighted by Gasteiger charge is -2.11. The first-order chi connectivity index (χ1) is 9.52. The van der Waals surface area contributed by atoms with Crippen LogP contribution >= 0.6 is 12.2 Å². The maximum Gasteiger partial charge on any atom is 0.172 e. The summed E-state index contributed by atoms with van der Waals surface area (Å²) in [6.07, 6.45) is 1.94. The van der Waals surface area contributed by atoms with Gasteiger partial charge in [0.05, 0.1) is 6.54 Å². The highest BCUT2D eigenvalue weighted by molar-refractivity contribution is 7.80. The zero-order valence-corrected chi connectivity index (χ0v) is 12.9. The van der Waals surface area contributed by atoms with Gasteiger partial charge in [-0.25, -0.2) is 0 Å². The van der Waals surface area contributed by atoms with Gasteiger partial charge in [-0.2, -0.15) is 5.10 Å². The standard InChI is InChI=1S/C15H20N4S/c1-11(2)16-15(20)17-14-8-9-19(18-14)10-13-6-4-12(3)5-7-13/h4-9,11H,10H2,1-3H3,(H2,16,17,18,20). The molecular weight excluding hydrogens is 268 g/mol. The SMILES string of the molecule is Cc1ccc(Cn2ccc(NC(=S)NC(C)C)n2)cc1. The van der Waals surface area contributed by atoms with Gasteiger partial charge in [-0.3, -0.25) is 4.68 Å². The third-order valence-electron chi connectivity index (χ3n) is 2.77. The molecule has 106 valence electrons. The first-order valence-corrected chi connectivity index (χ1v) is 7.10. The van der Waals surface area contributed by atoms with Gasteiger partial charge >= 0.3 is 0 Å². The van der Waals surface area contributed by atoms with Crippen molar-refractivity contribution in [2.75, 3.05) is 5.32 Å². The second-order valence-electron chi connectivity index (χ2n) is 5.14. The van der Waals surface area contributed by atoms with Crippen LogP contribution in [-0.4, -0.2) is 20.9 Å². The van der Waals surface area contributed by atoms with Crippen LogP contribution < -0.4 is 10.6 Å². The van der Waals surface area contributed by atoms with Crippen LogP contribution in [0.3, 0.4) is 0 Å². The molecule has 0 atom stereocenters. The number of nitrogens with zero attached hydrogens (tertiary/aromatic N) is 2. The van der Waals surface area contributed by atoms with Gasteiger partial charge in [0.1, 0.15) is 0 Å². The first kappa shape index (κ1) is 14.5. The summed E-state index contributed by atoms with van der Waals surface area (Å²) in [7, 11) is 0. The van der Waals surface area contributed by atoms with E-state index in [0.29, 0.717) is 11.2 Å². The number of anilines is 1. The number of aryl methyl sites for hydroxylation is 1. The minimum atomic E-state index is 0.310. The van der Waals surface area contributed by atoms with E-state index in [9.17, 15) is 0 Å². The number of hydrogen-bond donors (Lipinski definition) is 2. The first-order valence-electron chi connectivity index (χ1n) is 6.69. The van der Waals surface area contributed by atoms with Crippen LogP contribution in [0.15, 0.2) is 36.5 Å². The molecule has 0 saturated carbocycles. The van der Waals surface area contributed by atoms with Crippen LogP contribution in [0, 0.1) is 6.92 Å². The number of thiocarbonyl (C=S) groups is 1. The highest BCUT2D eigenvalue weighted by atomic mass is 32.1. The molecule has 2 aromatic rings. The van der Waals surface area contributed by atoms with Gasteiger partial charge in [0.2, 0.25) is 0 Å². The molecule has 0 saturated heterocycles. The molecule has 0 aliphatic rings. The molecule has 0 radical (unpaired) electrons. The molecule has 0 spiro atoms. The van der Waals surface area contributed by atoms with Crippen molar-refractivity contribution in [3.63, 3.8) is 0 Å². The average Bonchev–Trinajstić information content (AvgIpc) is 2.78. The van der Waals surface area contributed by atoms with Crippen molar-refractivity contribution in [2.24, 2.45) is 0 Å². The topological polar surface area (TPSA) is 41.9 Å². The average molecular weight is 288 g/mol. The summed E-state index contributed by atoms with van der Waals surface area (Å²) in [5, 5.41) is 11.3. The second kappa shape index (κ2) is 6.52. The molecule has 0 unspecified atom stereocenters. The van der Waals surface area contributed by atoms with E-state index in [1.54, 1.807) is 0 Å². The van der Waals surface area contributed by atoms with Gasteiger partial charge in [0.25, 0.3) is 0 Å². The van der Waals surface area contributed by atoms with Crippen molar-refractivity contribution in [3.8, 4) is 0 Å². The van der Waals surface area contributed by atoms with Crippen molar-refractivity contribution in [3.05, 3.63) is 47.7 Å². The maximum absolute atomic E-state index is 5.19. The lowest BCUT2D eigenvalue weighted by atomic mass is 10.1. The van der Waals surface area contributed by atoms with E-state index in [2.05, 4.69) is 46.9 Å². The van der Waals surface area contributed by atoms with Crippen LogP contribution in [0.2, 0.25) is 0 Å². The Balaban J connectivity index is 1.95. The lowest BCUT2D eigenvalue weighted by molar-refractivity contribution is 0.689. The van der Waals surface area contributed by atoms with Gasteiger partial charge in [-0.05, 0) is 38.6 Å². The molecule has 0 bridgehead atoms. The number of aromatic nitrogens is 2. The molecule has 2 N–H and O–H groups in total. The summed E-state index contributed by atoms with van der Waals surface area (Å²) >= 11 is 5.19. The molecule has 0 aliphatic carbocycles. The molecule has 1 heterocycles. The predicted molar refractivity (Wildman–Crippen MR) is 87.0 cm³/mol. The summed E-state index contributed by atoms with van der Waals surface area (Å²) in [6.45, 7) is 6.93. The molecule has 2 rings (SSSR count). The fraction of sp³-hybridized carbons (Fsp3) is 0.333. The highest BCUT2D eigenvalue weighted by Crippen LogP contribution is 2.08. The Morgan fingerprint density at radius 1 is 1.25 bits per heavy atom. The fourth-order valence-electron chi connectivity index (χ4n) is 1.81. The molecule has 1 aromatic heterocycles. The van der Waals surface area contributed by atoms with Crippen molar-refractivity contribution in [2.45, 2.75) is 33.4 Å². The van der Waals surface area contributed by atoms with Gasteiger partial charge in [-0.1, -0.05) is 29.8 Å². The maximum atomic E-state index is 5.19. The molecule has 0 aliphatic heterocycles. The number of rotatable bonds is 4. The third-order valence-corrected chi connectivity index (χ3v) is 2.99. The summed E-state index contributed by atoms with van der Waals surface area (Å²) < 4.78 is 1.89. The van der Waals surface area contributed by atoms with Crippen molar-refractivity contribution in [1.29, 1.82) is 0 Å². The third kappa shape index (κ3) is 4.35. The molecule has 4 nitrogen and oxygen atoms in total. The van der Waals surface area contributed by atoms with Gasteiger partial charge in [0, 0.05) is 18.3 Å². The van der Waals surface area contributed by atoms with E-state index in [1.165, 1.54) is 11.1 Å².